The molecule has 0 spiro atoms. The Morgan fingerprint density at radius 3 is 2.65 bits per heavy atom. The number of benzene rings is 1. The molecule has 5 heteroatoms. The van der Waals surface area contributed by atoms with Crippen molar-refractivity contribution in [1.29, 1.82) is 0 Å². The minimum Gasteiger partial charge on any atom is -0.478 e. The Morgan fingerprint density at radius 1 is 1.26 bits per heavy atom. The van der Waals surface area contributed by atoms with E-state index in [2.05, 4.69) is 19.1 Å². The average Bonchev–Trinajstić information content (AvgIpc) is 3.20. The van der Waals surface area contributed by atoms with Crippen LogP contribution in [0.25, 0.3) is 6.08 Å². The maximum Gasteiger partial charge on any atom is 0.336 e. The third-order valence-electron chi connectivity index (χ3n) is 6.32. The Morgan fingerprint density at radius 2 is 2.00 bits per heavy atom. The van der Waals surface area contributed by atoms with Crippen LogP contribution in [0.3, 0.4) is 0 Å². The molecule has 5 nitrogen and oxygen atoms in total. The van der Waals surface area contributed by atoms with Gasteiger partial charge in [0.15, 0.2) is 5.79 Å². The van der Waals surface area contributed by atoms with Crippen molar-refractivity contribution >= 4 is 12.0 Å². The minimum atomic E-state index is -0.913. The number of hydrogen-bond acceptors (Lipinski definition) is 4. The van der Waals surface area contributed by atoms with Crippen LogP contribution >= 0.6 is 0 Å². The molecule has 1 heterocycles. The summed E-state index contributed by atoms with van der Waals surface area (Å²) in [6, 6.07) is 3.79. The van der Waals surface area contributed by atoms with Gasteiger partial charge in [-0.05, 0) is 58.1 Å². The third-order valence-corrected chi connectivity index (χ3v) is 6.32. The highest BCUT2D eigenvalue weighted by Crippen LogP contribution is 2.35. The van der Waals surface area contributed by atoms with Gasteiger partial charge in [-0.1, -0.05) is 55.3 Å². The first kappa shape index (κ1) is 23.7. The molecule has 3 rings (SSSR count). The summed E-state index contributed by atoms with van der Waals surface area (Å²) in [5, 5.41) is 19.7. The summed E-state index contributed by atoms with van der Waals surface area (Å²) in [4.78, 5) is 11.7. The fourth-order valence-corrected chi connectivity index (χ4v) is 4.87. The fraction of sp³-hybridized carbons (Fsp3) is 0.577. The molecule has 1 aliphatic heterocycles. The van der Waals surface area contributed by atoms with E-state index in [4.69, 9.17) is 9.47 Å². The first-order valence-corrected chi connectivity index (χ1v) is 11.3. The Hall–Kier alpha value is -1.95. The Kier molecular flexibility index (Phi) is 7.40. The van der Waals surface area contributed by atoms with E-state index in [1.165, 1.54) is 0 Å². The number of aryl methyl sites for hydroxylation is 2. The monoisotopic (exact) mass is 428 g/mol. The van der Waals surface area contributed by atoms with Gasteiger partial charge in [0.05, 0.1) is 23.9 Å². The smallest absolute Gasteiger partial charge is 0.336 e. The summed E-state index contributed by atoms with van der Waals surface area (Å²) in [6.45, 7) is 9.77. The van der Waals surface area contributed by atoms with E-state index in [-0.39, 0.29) is 30.1 Å². The number of rotatable bonds is 7. The van der Waals surface area contributed by atoms with Crippen molar-refractivity contribution in [3.63, 3.8) is 0 Å². The van der Waals surface area contributed by atoms with Crippen LogP contribution in [0.1, 0.15) is 73.5 Å². The van der Waals surface area contributed by atoms with Gasteiger partial charge in [-0.15, -0.1) is 0 Å². The minimum absolute atomic E-state index is 0.104. The maximum absolute atomic E-state index is 11.7. The number of ether oxygens (including phenoxy) is 2. The molecule has 1 saturated carbocycles. The highest BCUT2D eigenvalue weighted by molar-refractivity contribution is 5.94. The molecular formula is C26H36O5. The lowest BCUT2D eigenvalue weighted by molar-refractivity contribution is -0.148. The average molecular weight is 429 g/mol. The van der Waals surface area contributed by atoms with Crippen LogP contribution in [0, 0.1) is 25.7 Å². The van der Waals surface area contributed by atoms with Gasteiger partial charge in [0, 0.05) is 11.8 Å². The molecule has 0 bridgehead atoms. The molecule has 1 aromatic carbocycles. The molecule has 1 saturated heterocycles. The predicted octanol–water partition coefficient (Wildman–Crippen LogP) is 5.28. The van der Waals surface area contributed by atoms with E-state index in [1.54, 1.807) is 0 Å². The fourth-order valence-electron chi connectivity index (χ4n) is 4.87. The number of aromatic carboxylic acids is 1. The summed E-state index contributed by atoms with van der Waals surface area (Å²) in [7, 11) is 0. The van der Waals surface area contributed by atoms with Crippen molar-refractivity contribution in [2.75, 3.05) is 0 Å². The summed E-state index contributed by atoms with van der Waals surface area (Å²) in [5.74, 6) is -1.20. The number of aliphatic hydroxyl groups excluding tert-OH is 1. The molecule has 1 aromatic rings. The number of carbonyl (C=O) groups is 1. The van der Waals surface area contributed by atoms with E-state index < -0.39 is 11.8 Å². The van der Waals surface area contributed by atoms with Crippen LogP contribution in [-0.4, -0.2) is 40.3 Å². The van der Waals surface area contributed by atoms with Crippen molar-refractivity contribution in [2.24, 2.45) is 11.8 Å². The SMILES string of the molecule is Cc1cc(C)c(C(=O)O)c(/C=C/C[C@@H]2OC(C)(C)O[C@@H]2C(C)/C=C\[C@H]2CCC[C@@H]2O)c1. The zero-order valence-corrected chi connectivity index (χ0v) is 19.3. The van der Waals surface area contributed by atoms with Crippen molar-refractivity contribution in [1.82, 2.24) is 0 Å². The zero-order chi connectivity index (χ0) is 22.8. The van der Waals surface area contributed by atoms with Crippen molar-refractivity contribution in [3.8, 4) is 0 Å². The molecule has 5 atom stereocenters. The van der Waals surface area contributed by atoms with Gasteiger partial charge >= 0.3 is 5.97 Å². The highest BCUT2D eigenvalue weighted by atomic mass is 16.7. The summed E-state index contributed by atoms with van der Waals surface area (Å²) >= 11 is 0. The van der Waals surface area contributed by atoms with Crippen LogP contribution < -0.4 is 0 Å². The Bertz CT molecular complexity index is 854. The number of carboxylic acid groups (broad SMARTS) is 1. The van der Waals surface area contributed by atoms with Gasteiger partial charge in [-0.2, -0.15) is 0 Å². The van der Waals surface area contributed by atoms with Crippen molar-refractivity contribution in [3.05, 3.63) is 52.6 Å². The first-order valence-electron chi connectivity index (χ1n) is 11.3. The molecule has 1 aliphatic carbocycles. The van der Waals surface area contributed by atoms with Crippen molar-refractivity contribution < 1.29 is 24.5 Å². The lowest BCUT2D eigenvalue weighted by Crippen LogP contribution is -2.28. The molecule has 170 valence electrons. The zero-order valence-electron chi connectivity index (χ0n) is 19.3. The van der Waals surface area contributed by atoms with Crippen LogP contribution in [0.15, 0.2) is 30.4 Å². The second kappa shape index (κ2) is 9.68. The van der Waals surface area contributed by atoms with E-state index in [9.17, 15) is 15.0 Å². The van der Waals surface area contributed by atoms with Gasteiger partial charge < -0.3 is 19.7 Å². The summed E-state index contributed by atoms with van der Waals surface area (Å²) in [6.07, 6.45) is 11.3. The van der Waals surface area contributed by atoms with Gasteiger partial charge in [0.25, 0.3) is 0 Å². The summed E-state index contributed by atoms with van der Waals surface area (Å²) < 4.78 is 12.4. The first-order chi connectivity index (χ1) is 14.6. The molecule has 2 fully saturated rings. The van der Waals surface area contributed by atoms with Crippen LogP contribution in [-0.2, 0) is 9.47 Å². The molecule has 2 aliphatic rings. The standard InChI is InChI=1S/C26H36O5/c1-16-14-18(3)23(25(28)29)20(15-16)9-7-11-22-24(31-26(4,5)30-22)17(2)12-13-19-8-6-10-21(19)27/h7,9,12-15,17,19,21-22,24,27H,6,8,10-11H2,1-5H3,(H,28,29)/b9-7+,13-12-/t17?,19-,21+,22+,24-/m1/s1. The molecule has 0 amide bonds. The molecule has 2 N–H and O–H groups in total. The van der Waals surface area contributed by atoms with E-state index >= 15 is 0 Å². The van der Waals surface area contributed by atoms with E-state index in [0.29, 0.717) is 17.5 Å². The number of hydrogen-bond donors (Lipinski definition) is 2. The number of aliphatic hydroxyl groups is 1. The van der Waals surface area contributed by atoms with Gasteiger partial charge in [0.1, 0.15) is 0 Å². The van der Waals surface area contributed by atoms with Gasteiger partial charge in [-0.3, -0.25) is 0 Å². The second-order valence-corrected chi connectivity index (χ2v) is 9.53. The predicted molar refractivity (Wildman–Crippen MR) is 122 cm³/mol. The quantitative estimate of drug-likeness (QED) is 0.578. The lowest BCUT2D eigenvalue weighted by Gasteiger charge is -2.21. The highest BCUT2D eigenvalue weighted by Gasteiger charge is 2.42. The molecule has 0 radical (unpaired) electrons. The number of carboxylic acids is 1. The molecule has 0 aromatic heterocycles. The van der Waals surface area contributed by atoms with Gasteiger partial charge in [-0.25, -0.2) is 4.79 Å². The van der Waals surface area contributed by atoms with E-state index in [1.807, 2.05) is 52.0 Å². The Labute approximate surface area is 185 Å². The normalized spacial score (nSPS) is 29.2. The van der Waals surface area contributed by atoms with Gasteiger partial charge in [0.2, 0.25) is 0 Å². The maximum atomic E-state index is 11.7. The topological polar surface area (TPSA) is 76.0 Å². The molecule has 1 unspecified atom stereocenters. The van der Waals surface area contributed by atoms with Crippen LogP contribution in [0.4, 0.5) is 0 Å². The Balaban J connectivity index is 1.72. The second-order valence-electron chi connectivity index (χ2n) is 9.53. The molecular weight excluding hydrogens is 392 g/mol. The summed E-state index contributed by atoms with van der Waals surface area (Å²) in [5.41, 5.74) is 2.85. The van der Waals surface area contributed by atoms with E-state index in [0.717, 1.165) is 30.4 Å². The van der Waals surface area contributed by atoms with Crippen molar-refractivity contribution in [2.45, 2.75) is 84.4 Å². The van der Waals surface area contributed by atoms with Crippen LogP contribution in [0.5, 0.6) is 0 Å². The lowest BCUT2D eigenvalue weighted by atomic mass is 9.94. The third kappa shape index (κ3) is 5.85. The van der Waals surface area contributed by atoms with Crippen LogP contribution in [0.2, 0.25) is 0 Å². The largest absolute Gasteiger partial charge is 0.478 e. The molecule has 31 heavy (non-hydrogen) atoms.